The number of amides is 3. The van der Waals surface area contributed by atoms with Gasteiger partial charge in [-0.15, -0.1) is 0 Å². The molecule has 2 aliphatic rings. The molecule has 4 N–H and O–H groups in total. The first-order chi connectivity index (χ1) is 17.5. The topological polar surface area (TPSA) is 136 Å². The van der Waals surface area contributed by atoms with Crippen molar-refractivity contribution in [2.75, 3.05) is 12.4 Å². The fraction of sp³-hybridized carbons (Fsp3) is 0.333. The van der Waals surface area contributed by atoms with E-state index >= 15 is 0 Å². The van der Waals surface area contributed by atoms with Crippen LogP contribution < -0.4 is 20.7 Å². The Hall–Kier alpha value is -4.32. The summed E-state index contributed by atoms with van der Waals surface area (Å²) in [7, 11) is 1.57. The molecule has 3 aromatic rings. The summed E-state index contributed by atoms with van der Waals surface area (Å²) in [5, 5.41) is 18.9. The maximum atomic E-state index is 13.2. The Morgan fingerprint density at radius 1 is 1.14 bits per heavy atom. The smallest absolute Gasteiger partial charge is 0.268 e. The second-order valence-corrected chi connectivity index (χ2v) is 9.36. The van der Waals surface area contributed by atoms with Crippen LogP contribution in [0.1, 0.15) is 47.7 Å². The third-order valence-electron chi connectivity index (χ3n) is 6.83. The van der Waals surface area contributed by atoms with E-state index in [1.807, 2.05) is 42.5 Å². The molecule has 9 nitrogen and oxygen atoms in total. The Morgan fingerprint density at radius 2 is 1.94 bits per heavy atom. The van der Waals surface area contributed by atoms with Gasteiger partial charge < -0.3 is 25.7 Å². The third kappa shape index (κ3) is 4.75. The molecule has 1 saturated carbocycles. The van der Waals surface area contributed by atoms with Crippen molar-refractivity contribution in [3.63, 3.8) is 0 Å². The Kier molecular flexibility index (Phi) is 6.34. The SMILES string of the molecule is COc1cccc2[nH]c(C(=O)N[C@@H](CC3CC3)C(=O)N[C@H](C#N)C[C@H]3C(=O)Nc4ccccc43)cc12. The van der Waals surface area contributed by atoms with Crippen LogP contribution >= 0.6 is 0 Å². The van der Waals surface area contributed by atoms with Crippen LogP contribution in [-0.2, 0) is 9.59 Å². The lowest BCUT2D eigenvalue weighted by molar-refractivity contribution is -0.124. The van der Waals surface area contributed by atoms with Gasteiger partial charge in [-0.3, -0.25) is 14.4 Å². The predicted octanol–water partition coefficient (Wildman–Crippen LogP) is 3.21. The molecular formula is C27H27N5O4. The number of methoxy groups -OCH3 is 1. The summed E-state index contributed by atoms with van der Waals surface area (Å²) in [4.78, 5) is 41.8. The Morgan fingerprint density at radius 3 is 2.69 bits per heavy atom. The molecule has 3 amide bonds. The van der Waals surface area contributed by atoms with E-state index in [4.69, 9.17) is 4.74 Å². The lowest BCUT2D eigenvalue weighted by atomic mass is 9.93. The number of ether oxygens (including phenoxy) is 1. The van der Waals surface area contributed by atoms with Gasteiger partial charge >= 0.3 is 0 Å². The first kappa shape index (κ1) is 23.4. The molecule has 0 unspecified atom stereocenters. The van der Waals surface area contributed by atoms with Crippen molar-refractivity contribution in [3.8, 4) is 11.8 Å². The van der Waals surface area contributed by atoms with Crippen LogP contribution in [0.4, 0.5) is 5.69 Å². The van der Waals surface area contributed by atoms with Crippen molar-refractivity contribution in [1.29, 1.82) is 5.26 Å². The molecule has 184 valence electrons. The van der Waals surface area contributed by atoms with Crippen molar-refractivity contribution in [2.45, 2.75) is 43.7 Å². The highest BCUT2D eigenvalue weighted by Gasteiger charge is 2.35. The van der Waals surface area contributed by atoms with Gasteiger partial charge in [0.1, 0.15) is 23.5 Å². The molecule has 0 saturated heterocycles. The zero-order valence-electron chi connectivity index (χ0n) is 19.8. The summed E-state index contributed by atoms with van der Waals surface area (Å²) < 4.78 is 5.37. The number of benzene rings is 2. The van der Waals surface area contributed by atoms with E-state index in [2.05, 4.69) is 27.0 Å². The van der Waals surface area contributed by atoms with Crippen LogP contribution in [0.3, 0.4) is 0 Å². The number of hydrogen-bond donors (Lipinski definition) is 4. The van der Waals surface area contributed by atoms with Crippen LogP contribution in [0, 0.1) is 17.2 Å². The lowest BCUT2D eigenvalue weighted by Crippen LogP contribution is -2.50. The number of aromatic nitrogens is 1. The van der Waals surface area contributed by atoms with Gasteiger partial charge in [0.25, 0.3) is 5.91 Å². The summed E-state index contributed by atoms with van der Waals surface area (Å²) in [6.07, 6.45) is 2.65. The first-order valence-electron chi connectivity index (χ1n) is 12.0. The van der Waals surface area contributed by atoms with Gasteiger partial charge in [-0.1, -0.05) is 37.1 Å². The number of fused-ring (bicyclic) bond motifs is 2. The number of anilines is 1. The van der Waals surface area contributed by atoms with E-state index in [9.17, 15) is 19.6 Å². The van der Waals surface area contributed by atoms with E-state index < -0.39 is 29.8 Å². The molecule has 9 heteroatoms. The highest BCUT2D eigenvalue weighted by Crippen LogP contribution is 2.36. The molecule has 1 aromatic heterocycles. The molecule has 0 radical (unpaired) electrons. The normalized spacial score (nSPS) is 18.0. The number of hydrogen-bond acceptors (Lipinski definition) is 5. The van der Waals surface area contributed by atoms with Gasteiger partial charge in [0.05, 0.1) is 19.1 Å². The maximum absolute atomic E-state index is 13.2. The van der Waals surface area contributed by atoms with Crippen LogP contribution in [0.2, 0.25) is 0 Å². The second kappa shape index (κ2) is 9.74. The fourth-order valence-electron chi connectivity index (χ4n) is 4.74. The molecule has 0 bridgehead atoms. The van der Waals surface area contributed by atoms with Crippen molar-refractivity contribution < 1.29 is 19.1 Å². The largest absolute Gasteiger partial charge is 0.496 e. The minimum Gasteiger partial charge on any atom is -0.496 e. The fourth-order valence-corrected chi connectivity index (χ4v) is 4.74. The van der Waals surface area contributed by atoms with Gasteiger partial charge in [0.15, 0.2) is 0 Å². The van der Waals surface area contributed by atoms with Gasteiger partial charge in [0.2, 0.25) is 11.8 Å². The third-order valence-corrected chi connectivity index (χ3v) is 6.83. The summed E-state index contributed by atoms with van der Waals surface area (Å²) in [5.74, 6) is -0.554. The van der Waals surface area contributed by atoms with Crippen molar-refractivity contribution in [1.82, 2.24) is 15.6 Å². The average molecular weight is 486 g/mol. The molecule has 1 aliphatic heterocycles. The maximum Gasteiger partial charge on any atom is 0.268 e. The highest BCUT2D eigenvalue weighted by atomic mass is 16.5. The van der Waals surface area contributed by atoms with E-state index in [-0.39, 0.29) is 12.3 Å². The summed E-state index contributed by atoms with van der Waals surface area (Å²) >= 11 is 0. The Balaban J connectivity index is 1.28. The molecule has 1 fully saturated rings. The quantitative estimate of drug-likeness (QED) is 0.369. The summed E-state index contributed by atoms with van der Waals surface area (Å²) in [6.45, 7) is 0. The van der Waals surface area contributed by atoms with Crippen LogP contribution in [0.5, 0.6) is 5.75 Å². The molecule has 0 spiro atoms. The molecule has 1 aliphatic carbocycles. The van der Waals surface area contributed by atoms with Crippen molar-refractivity contribution in [3.05, 3.63) is 59.8 Å². The van der Waals surface area contributed by atoms with Crippen molar-refractivity contribution in [2.24, 2.45) is 5.92 Å². The number of rotatable bonds is 9. The first-order valence-corrected chi connectivity index (χ1v) is 12.0. The molecule has 36 heavy (non-hydrogen) atoms. The van der Waals surface area contributed by atoms with E-state index in [1.54, 1.807) is 13.2 Å². The number of nitrogens with zero attached hydrogens (tertiary/aromatic N) is 1. The Labute approximate surface area is 208 Å². The number of nitrogens with one attached hydrogen (secondary N) is 4. The standard InChI is InChI=1S/C27H27N5O4/c1-36-24-8-4-7-21-19(24)13-23(30-21)27(35)32-22(11-15-9-10-15)26(34)29-16(14-28)12-18-17-5-2-3-6-20(17)31-25(18)33/h2-8,13,15-16,18,22,30H,9-12H2,1H3,(H,29,34)(H,31,33)(H,32,35)/t16-,18+,22-/m0/s1. The Bertz CT molecular complexity index is 1370. The molecule has 2 heterocycles. The van der Waals surface area contributed by atoms with E-state index in [0.717, 1.165) is 35.0 Å². The van der Waals surface area contributed by atoms with Gasteiger partial charge in [-0.25, -0.2) is 0 Å². The monoisotopic (exact) mass is 485 g/mol. The average Bonchev–Trinajstić information content (AvgIpc) is 3.50. The van der Waals surface area contributed by atoms with E-state index in [0.29, 0.717) is 23.8 Å². The van der Waals surface area contributed by atoms with Gasteiger partial charge in [-0.2, -0.15) is 5.26 Å². The molecular weight excluding hydrogens is 458 g/mol. The van der Waals surface area contributed by atoms with Crippen LogP contribution in [-0.4, -0.2) is 41.9 Å². The number of carbonyl (C=O) groups excluding carboxylic acids is 3. The second-order valence-electron chi connectivity index (χ2n) is 9.36. The van der Waals surface area contributed by atoms with Crippen LogP contribution in [0.15, 0.2) is 48.5 Å². The number of carbonyl (C=O) groups is 3. The summed E-state index contributed by atoms with van der Waals surface area (Å²) in [6, 6.07) is 14.9. The number of aromatic amines is 1. The highest BCUT2D eigenvalue weighted by molar-refractivity contribution is 6.03. The van der Waals surface area contributed by atoms with Gasteiger partial charge in [-0.05, 0) is 48.6 Å². The number of nitriles is 1. The summed E-state index contributed by atoms with van der Waals surface area (Å²) in [5.41, 5.74) is 2.61. The minimum absolute atomic E-state index is 0.150. The number of H-pyrrole nitrogens is 1. The molecule has 5 rings (SSSR count). The zero-order valence-corrected chi connectivity index (χ0v) is 19.8. The molecule has 3 atom stereocenters. The predicted molar refractivity (Wildman–Crippen MR) is 133 cm³/mol. The van der Waals surface area contributed by atoms with E-state index in [1.165, 1.54) is 0 Å². The molecule has 2 aromatic carbocycles. The van der Waals surface area contributed by atoms with Gasteiger partial charge in [0, 0.05) is 16.6 Å². The zero-order chi connectivity index (χ0) is 25.2. The lowest BCUT2D eigenvalue weighted by Gasteiger charge is -2.21. The van der Waals surface area contributed by atoms with Crippen molar-refractivity contribution >= 4 is 34.3 Å². The minimum atomic E-state index is -0.879. The van der Waals surface area contributed by atoms with Crippen LogP contribution in [0.25, 0.3) is 10.9 Å². The number of para-hydroxylation sites is 1.